The fraction of sp³-hybridized carbons (Fsp3) is 0.609. The summed E-state index contributed by atoms with van der Waals surface area (Å²) in [5, 5.41) is 0. The van der Waals surface area contributed by atoms with E-state index in [0.717, 1.165) is 61.8 Å². The Kier molecular flexibility index (Phi) is 7.25. The molecule has 0 amide bonds. The van der Waals surface area contributed by atoms with E-state index in [4.69, 9.17) is 25.4 Å². The zero-order valence-electron chi connectivity index (χ0n) is 21.5. The van der Waals surface area contributed by atoms with Crippen LogP contribution >= 0.6 is 0 Å². The SMILES string of the molecule is CCn1c(CN2CCC(N(C)S(C)(=O)=O)CC2)nc2c(N3CCOCC3)nc(-c3cnc(N)nc3)nc21. The van der Waals surface area contributed by atoms with Crippen molar-refractivity contribution in [1.82, 2.24) is 38.7 Å². The molecule has 0 bridgehead atoms. The molecule has 2 N–H and O–H groups in total. The number of imidazole rings is 1. The summed E-state index contributed by atoms with van der Waals surface area (Å²) in [7, 11) is -1.53. The summed E-state index contributed by atoms with van der Waals surface area (Å²) in [5.74, 6) is 2.43. The molecular weight excluding hydrogens is 496 g/mol. The number of piperidine rings is 1. The van der Waals surface area contributed by atoms with Crippen molar-refractivity contribution in [2.45, 2.75) is 38.9 Å². The number of fused-ring (bicyclic) bond motifs is 1. The number of nitrogens with two attached hydrogens (primary N) is 1. The lowest BCUT2D eigenvalue weighted by Crippen LogP contribution is -2.45. The molecule has 2 aliphatic rings. The van der Waals surface area contributed by atoms with Gasteiger partial charge in [0, 0.05) is 58.2 Å². The maximum atomic E-state index is 12.0. The van der Waals surface area contributed by atoms with Crippen LogP contribution in [0, 0.1) is 0 Å². The van der Waals surface area contributed by atoms with E-state index in [1.165, 1.54) is 10.6 Å². The first-order valence-electron chi connectivity index (χ1n) is 12.6. The van der Waals surface area contributed by atoms with Gasteiger partial charge in [0.25, 0.3) is 0 Å². The van der Waals surface area contributed by atoms with Gasteiger partial charge < -0.3 is 19.9 Å². The summed E-state index contributed by atoms with van der Waals surface area (Å²) >= 11 is 0. The highest BCUT2D eigenvalue weighted by atomic mass is 32.2. The number of sulfonamides is 1. The third kappa shape index (κ3) is 5.37. The molecule has 2 saturated heterocycles. The Balaban J connectivity index is 1.47. The fourth-order valence-corrected chi connectivity index (χ4v) is 5.73. The van der Waals surface area contributed by atoms with Gasteiger partial charge >= 0.3 is 0 Å². The Morgan fingerprint density at radius 3 is 2.38 bits per heavy atom. The van der Waals surface area contributed by atoms with E-state index < -0.39 is 10.0 Å². The quantitative estimate of drug-likeness (QED) is 0.457. The lowest BCUT2D eigenvalue weighted by atomic mass is 10.1. The van der Waals surface area contributed by atoms with Crippen molar-refractivity contribution >= 4 is 33.0 Å². The average Bonchev–Trinajstić information content (AvgIpc) is 3.25. The van der Waals surface area contributed by atoms with Gasteiger partial charge in [-0.1, -0.05) is 0 Å². The van der Waals surface area contributed by atoms with Gasteiger partial charge in [0.05, 0.1) is 31.6 Å². The Morgan fingerprint density at radius 2 is 1.76 bits per heavy atom. The number of nitrogens with zero attached hydrogens (tertiary/aromatic N) is 9. The van der Waals surface area contributed by atoms with Crippen LogP contribution in [0.25, 0.3) is 22.6 Å². The van der Waals surface area contributed by atoms with Crippen LogP contribution in [0.5, 0.6) is 0 Å². The second-order valence-electron chi connectivity index (χ2n) is 9.53. The third-order valence-corrected chi connectivity index (χ3v) is 8.52. The van der Waals surface area contributed by atoms with E-state index in [9.17, 15) is 8.42 Å². The Bertz CT molecular complexity index is 1350. The predicted molar refractivity (Wildman–Crippen MR) is 140 cm³/mol. The summed E-state index contributed by atoms with van der Waals surface area (Å²) in [6, 6.07) is 0.0275. The Labute approximate surface area is 216 Å². The first-order valence-corrected chi connectivity index (χ1v) is 14.4. The minimum absolute atomic E-state index is 0.0275. The number of hydrogen-bond acceptors (Lipinski definition) is 11. The van der Waals surface area contributed by atoms with Crippen molar-refractivity contribution in [1.29, 1.82) is 0 Å². The van der Waals surface area contributed by atoms with Gasteiger partial charge in [0.15, 0.2) is 22.8 Å². The van der Waals surface area contributed by atoms with E-state index in [1.807, 2.05) is 0 Å². The van der Waals surface area contributed by atoms with E-state index in [2.05, 4.69) is 31.3 Å². The number of aryl methyl sites for hydroxylation is 1. The summed E-state index contributed by atoms with van der Waals surface area (Å²) in [4.78, 5) is 27.6. The highest BCUT2D eigenvalue weighted by Crippen LogP contribution is 2.29. The Hall–Kier alpha value is -2.94. The zero-order valence-corrected chi connectivity index (χ0v) is 22.4. The van der Waals surface area contributed by atoms with E-state index in [1.54, 1.807) is 19.4 Å². The van der Waals surface area contributed by atoms with Crippen molar-refractivity contribution in [2.24, 2.45) is 0 Å². The molecule has 5 rings (SSSR count). The molecule has 0 aromatic carbocycles. The van der Waals surface area contributed by atoms with Crippen LogP contribution in [0.1, 0.15) is 25.6 Å². The fourth-order valence-electron chi connectivity index (χ4n) is 4.97. The second-order valence-corrected chi connectivity index (χ2v) is 11.6. The van der Waals surface area contributed by atoms with Gasteiger partial charge in [-0.15, -0.1) is 0 Å². The molecule has 0 saturated carbocycles. The standard InChI is InChI=1S/C23H34N10O3S/c1-4-33-18(15-31-7-5-17(6-8-31)30(2)37(3,34)35)27-19-21(32-9-11-36-12-10-32)28-20(29-22(19)33)16-13-25-23(24)26-14-16/h13-14,17H,4-12,15H2,1-3H3,(H2,24,25,26). The first-order chi connectivity index (χ1) is 17.7. The van der Waals surface area contributed by atoms with Crippen LogP contribution in [0.2, 0.25) is 0 Å². The molecule has 3 aromatic heterocycles. The topological polar surface area (TPSA) is 148 Å². The number of aromatic nitrogens is 6. The molecule has 0 atom stereocenters. The number of ether oxygens (including phenoxy) is 1. The molecule has 5 heterocycles. The van der Waals surface area contributed by atoms with Crippen LogP contribution in [-0.4, -0.2) is 106 Å². The van der Waals surface area contributed by atoms with E-state index >= 15 is 0 Å². The monoisotopic (exact) mass is 530 g/mol. The minimum Gasteiger partial charge on any atom is -0.378 e. The first kappa shape index (κ1) is 25.7. The van der Waals surface area contributed by atoms with Crippen LogP contribution in [0.4, 0.5) is 11.8 Å². The predicted octanol–water partition coefficient (Wildman–Crippen LogP) is 0.578. The molecule has 3 aromatic rings. The number of morpholine rings is 1. The van der Waals surface area contributed by atoms with Crippen molar-refractivity contribution in [3.05, 3.63) is 18.2 Å². The maximum Gasteiger partial charge on any atom is 0.219 e. The third-order valence-electron chi connectivity index (χ3n) is 7.17. The molecule has 0 radical (unpaired) electrons. The maximum absolute atomic E-state index is 12.0. The van der Waals surface area contributed by atoms with Crippen LogP contribution in [0.3, 0.4) is 0 Å². The number of hydrogen-bond donors (Lipinski definition) is 1. The molecule has 0 spiro atoms. The highest BCUT2D eigenvalue weighted by molar-refractivity contribution is 7.88. The van der Waals surface area contributed by atoms with E-state index in [-0.39, 0.29) is 12.0 Å². The average molecular weight is 531 g/mol. The van der Waals surface area contributed by atoms with Crippen molar-refractivity contribution in [2.75, 3.05) is 63.3 Å². The van der Waals surface area contributed by atoms with Gasteiger partial charge in [-0.25, -0.2) is 37.6 Å². The number of likely N-dealkylation sites (tertiary alicyclic amines) is 1. The molecule has 200 valence electrons. The lowest BCUT2D eigenvalue weighted by Gasteiger charge is -2.35. The lowest BCUT2D eigenvalue weighted by molar-refractivity contribution is 0.122. The largest absolute Gasteiger partial charge is 0.378 e. The van der Waals surface area contributed by atoms with Crippen molar-refractivity contribution in [3.63, 3.8) is 0 Å². The second kappa shape index (κ2) is 10.4. The van der Waals surface area contributed by atoms with Gasteiger partial charge in [-0.2, -0.15) is 0 Å². The Morgan fingerprint density at radius 1 is 1.08 bits per heavy atom. The molecule has 2 aliphatic heterocycles. The van der Waals surface area contributed by atoms with Gasteiger partial charge in [0.1, 0.15) is 5.82 Å². The summed E-state index contributed by atoms with van der Waals surface area (Å²) in [5.41, 5.74) is 7.92. The van der Waals surface area contributed by atoms with Crippen molar-refractivity contribution < 1.29 is 13.2 Å². The smallest absolute Gasteiger partial charge is 0.219 e. The molecule has 14 heteroatoms. The zero-order chi connectivity index (χ0) is 26.2. The molecule has 2 fully saturated rings. The number of rotatable bonds is 7. The number of anilines is 2. The molecule has 0 aliphatic carbocycles. The number of nitrogen functional groups attached to an aromatic ring is 1. The molecular formula is C23H34N10O3S. The molecule has 37 heavy (non-hydrogen) atoms. The van der Waals surface area contributed by atoms with E-state index in [0.29, 0.717) is 37.7 Å². The normalized spacial score (nSPS) is 18.2. The molecule has 0 unspecified atom stereocenters. The van der Waals surface area contributed by atoms with Gasteiger partial charge in [-0.3, -0.25) is 4.90 Å². The van der Waals surface area contributed by atoms with Crippen LogP contribution in [-0.2, 0) is 27.8 Å². The van der Waals surface area contributed by atoms with Crippen molar-refractivity contribution in [3.8, 4) is 11.4 Å². The summed E-state index contributed by atoms with van der Waals surface area (Å²) in [6.45, 7) is 7.74. The summed E-state index contributed by atoms with van der Waals surface area (Å²) < 4.78 is 33.1. The molecule has 13 nitrogen and oxygen atoms in total. The van der Waals surface area contributed by atoms with Gasteiger partial charge in [0.2, 0.25) is 16.0 Å². The van der Waals surface area contributed by atoms with Gasteiger partial charge in [-0.05, 0) is 19.8 Å². The van der Waals surface area contributed by atoms with Crippen LogP contribution < -0.4 is 10.6 Å². The highest BCUT2D eigenvalue weighted by Gasteiger charge is 2.29. The minimum atomic E-state index is -3.20. The van der Waals surface area contributed by atoms with Crippen LogP contribution in [0.15, 0.2) is 12.4 Å². The summed E-state index contributed by atoms with van der Waals surface area (Å²) in [6.07, 6.45) is 6.11.